The maximum absolute atomic E-state index is 5.29. The normalized spacial score (nSPS) is 10.2. The van der Waals surface area contributed by atoms with Gasteiger partial charge in [-0.15, -0.1) is 11.7 Å². The minimum atomic E-state index is 0.776. The van der Waals surface area contributed by atoms with Crippen LogP contribution in [0.25, 0.3) is 5.69 Å². The zero-order chi connectivity index (χ0) is 11.4. The standard InChI is InChI=1S/C11H10N2S3/c1-2-8-15-10-12-13(11(14)16-10)9-6-4-3-5-7-9/h2-7H,1,8H2. The molecule has 1 aromatic heterocycles. The Balaban J connectivity index is 2.32. The van der Waals surface area contributed by atoms with Crippen molar-refractivity contribution in [1.82, 2.24) is 9.78 Å². The molecule has 0 aliphatic rings. The van der Waals surface area contributed by atoms with E-state index in [1.54, 1.807) is 16.4 Å². The minimum Gasteiger partial charge on any atom is -0.211 e. The van der Waals surface area contributed by atoms with Crippen molar-refractivity contribution < 1.29 is 0 Å². The first kappa shape index (κ1) is 11.6. The van der Waals surface area contributed by atoms with E-state index in [1.807, 2.05) is 36.4 Å². The van der Waals surface area contributed by atoms with Crippen molar-refractivity contribution in [2.45, 2.75) is 4.34 Å². The molecule has 2 rings (SSSR count). The lowest BCUT2D eigenvalue weighted by Gasteiger charge is -1.98. The molecule has 0 saturated carbocycles. The van der Waals surface area contributed by atoms with Crippen molar-refractivity contribution in [3.63, 3.8) is 0 Å². The molecule has 0 N–H and O–H groups in total. The van der Waals surface area contributed by atoms with E-state index in [9.17, 15) is 0 Å². The molecule has 2 nitrogen and oxygen atoms in total. The fourth-order valence-corrected chi connectivity index (χ4v) is 3.30. The number of nitrogens with zero attached hydrogens (tertiary/aromatic N) is 2. The predicted octanol–water partition coefficient (Wildman–Crippen LogP) is 3.94. The highest BCUT2D eigenvalue weighted by atomic mass is 32.2. The first-order valence-corrected chi connectivity index (χ1v) is 6.91. The molecule has 0 aliphatic carbocycles. The number of para-hydroxylation sites is 1. The summed E-state index contributed by atoms with van der Waals surface area (Å²) in [6, 6.07) is 9.93. The molecule has 16 heavy (non-hydrogen) atoms. The second kappa shape index (κ2) is 5.43. The van der Waals surface area contributed by atoms with Crippen LogP contribution in [0.4, 0.5) is 0 Å². The lowest BCUT2D eigenvalue weighted by atomic mass is 10.3. The summed E-state index contributed by atoms with van der Waals surface area (Å²) in [4.78, 5) is 0. The summed E-state index contributed by atoms with van der Waals surface area (Å²) in [5, 5.41) is 4.46. The highest BCUT2D eigenvalue weighted by Crippen LogP contribution is 2.23. The Morgan fingerprint density at radius 3 is 2.88 bits per heavy atom. The average molecular weight is 266 g/mol. The van der Waals surface area contributed by atoms with Crippen molar-refractivity contribution in [3.05, 3.63) is 46.9 Å². The molecule has 0 spiro atoms. The first-order valence-electron chi connectivity index (χ1n) is 4.70. The number of benzene rings is 1. The van der Waals surface area contributed by atoms with E-state index in [-0.39, 0.29) is 0 Å². The number of hydrogen-bond acceptors (Lipinski definition) is 4. The number of thioether (sulfide) groups is 1. The van der Waals surface area contributed by atoms with Gasteiger partial charge in [-0.3, -0.25) is 0 Å². The fraction of sp³-hybridized carbons (Fsp3) is 0.0909. The van der Waals surface area contributed by atoms with Crippen LogP contribution in [0.3, 0.4) is 0 Å². The fourth-order valence-electron chi connectivity index (χ4n) is 1.18. The predicted molar refractivity (Wildman–Crippen MR) is 73.2 cm³/mol. The summed E-state index contributed by atoms with van der Waals surface area (Å²) in [6.45, 7) is 3.69. The zero-order valence-corrected chi connectivity index (χ0v) is 10.9. The van der Waals surface area contributed by atoms with Gasteiger partial charge in [-0.2, -0.15) is 0 Å². The van der Waals surface area contributed by atoms with E-state index in [0.717, 1.165) is 19.7 Å². The topological polar surface area (TPSA) is 17.8 Å². The molecule has 1 heterocycles. The summed E-state index contributed by atoms with van der Waals surface area (Å²) in [7, 11) is 0. The average Bonchev–Trinajstić information content (AvgIpc) is 2.69. The van der Waals surface area contributed by atoms with Gasteiger partial charge in [0.2, 0.25) is 0 Å². The molecule has 0 saturated heterocycles. The molecule has 1 aromatic carbocycles. The van der Waals surface area contributed by atoms with Crippen LogP contribution in [0.5, 0.6) is 0 Å². The molecule has 0 amide bonds. The first-order chi connectivity index (χ1) is 7.81. The highest BCUT2D eigenvalue weighted by Gasteiger charge is 2.04. The van der Waals surface area contributed by atoms with Gasteiger partial charge in [-0.1, -0.05) is 47.4 Å². The van der Waals surface area contributed by atoms with Gasteiger partial charge in [0.05, 0.1) is 5.69 Å². The molecule has 0 atom stereocenters. The highest BCUT2D eigenvalue weighted by molar-refractivity contribution is 8.01. The smallest absolute Gasteiger partial charge is 0.184 e. The van der Waals surface area contributed by atoms with Crippen LogP contribution in [0.15, 0.2) is 47.3 Å². The lowest BCUT2D eigenvalue weighted by molar-refractivity contribution is 0.830. The molecule has 0 fully saturated rings. The Kier molecular flexibility index (Phi) is 3.93. The summed E-state index contributed by atoms with van der Waals surface area (Å²) >= 11 is 8.47. The molecule has 0 bridgehead atoms. The molecular weight excluding hydrogens is 256 g/mol. The Bertz CT molecular complexity index is 528. The second-order valence-corrected chi connectivity index (χ2v) is 5.87. The number of aromatic nitrogens is 2. The SMILES string of the molecule is C=CCSc1nn(-c2ccccc2)c(=S)s1. The number of rotatable bonds is 4. The van der Waals surface area contributed by atoms with Crippen molar-refractivity contribution in [2.24, 2.45) is 0 Å². The monoisotopic (exact) mass is 266 g/mol. The largest absolute Gasteiger partial charge is 0.211 e. The maximum Gasteiger partial charge on any atom is 0.184 e. The Morgan fingerprint density at radius 2 is 2.19 bits per heavy atom. The van der Waals surface area contributed by atoms with Crippen LogP contribution in [-0.4, -0.2) is 15.5 Å². The molecular formula is C11H10N2S3. The van der Waals surface area contributed by atoms with Gasteiger partial charge in [0.25, 0.3) is 0 Å². The summed E-state index contributed by atoms with van der Waals surface area (Å²) in [6.07, 6.45) is 1.86. The molecule has 0 radical (unpaired) electrons. The Hall–Kier alpha value is -0.910. The van der Waals surface area contributed by atoms with Gasteiger partial charge in [-0.25, -0.2) is 4.68 Å². The van der Waals surface area contributed by atoms with Crippen molar-refractivity contribution in [1.29, 1.82) is 0 Å². The van der Waals surface area contributed by atoms with E-state index in [1.165, 1.54) is 11.3 Å². The van der Waals surface area contributed by atoms with Crippen LogP contribution in [-0.2, 0) is 0 Å². The van der Waals surface area contributed by atoms with Crippen LogP contribution >= 0.6 is 35.3 Å². The summed E-state index contributed by atoms with van der Waals surface area (Å²) in [5.74, 6) is 0.858. The van der Waals surface area contributed by atoms with Crippen molar-refractivity contribution in [2.75, 3.05) is 5.75 Å². The van der Waals surface area contributed by atoms with Gasteiger partial charge in [-0.05, 0) is 24.4 Å². The van der Waals surface area contributed by atoms with Crippen LogP contribution in [0.1, 0.15) is 0 Å². The molecule has 2 aromatic rings. The lowest BCUT2D eigenvalue weighted by Crippen LogP contribution is -1.95. The molecule has 0 unspecified atom stereocenters. The maximum atomic E-state index is 5.29. The van der Waals surface area contributed by atoms with E-state index < -0.39 is 0 Å². The van der Waals surface area contributed by atoms with E-state index in [0.29, 0.717) is 0 Å². The van der Waals surface area contributed by atoms with E-state index in [2.05, 4.69) is 11.7 Å². The molecule has 82 valence electrons. The third-order valence-corrected chi connectivity index (χ3v) is 4.22. The molecule has 5 heteroatoms. The van der Waals surface area contributed by atoms with Gasteiger partial charge < -0.3 is 0 Å². The zero-order valence-electron chi connectivity index (χ0n) is 8.50. The van der Waals surface area contributed by atoms with E-state index in [4.69, 9.17) is 12.2 Å². The molecule has 0 aliphatic heterocycles. The van der Waals surface area contributed by atoms with E-state index >= 15 is 0 Å². The third kappa shape index (κ3) is 2.61. The van der Waals surface area contributed by atoms with Gasteiger partial charge in [0.15, 0.2) is 8.29 Å². The van der Waals surface area contributed by atoms with Crippen LogP contribution in [0, 0.1) is 3.95 Å². The quantitative estimate of drug-likeness (QED) is 0.474. The van der Waals surface area contributed by atoms with Gasteiger partial charge >= 0.3 is 0 Å². The van der Waals surface area contributed by atoms with Gasteiger partial charge in [0.1, 0.15) is 0 Å². The summed E-state index contributed by atoms with van der Waals surface area (Å²) < 4.78 is 3.55. The number of hydrogen-bond donors (Lipinski definition) is 0. The third-order valence-electron chi connectivity index (χ3n) is 1.85. The Labute approximate surface area is 108 Å². The Morgan fingerprint density at radius 1 is 1.44 bits per heavy atom. The second-order valence-electron chi connectivity index (χ2n) is 2.98. The van der Waals surface area contributed by atoms with Crippen LogP contribution in [0.2, 0.25) is 0 Å². The van der Waals surface area contributed by atoms with Crippen LogP contribution < -0.4 is 0 Å². The van der Waals surface area contributed by atoms with Gasteiger partial charge in [0, 0.05) is 5.75 Å². The minimum absolute atomic E-state index is 0.776. The van der Waals surface area contributed by atoms with Crippen molar-refractivity contribution in [3.8, 4) is 5.69 Å². The van der Waals surface area contributed by atoms with Crippen molar-refractivity contribution >= 4 is 35.3 Å². The summed E-state index contributed by atoms with van der Waals surface area (Å²) in [5.41, 5.74) is 1.01.